The maximum Gasteiger partial charge on any atom is 0.123 e. The summed E-state index contributed by atoms with van der Waals surface area (Å²) >= 11 is 0. The lowest BCUT2D eigenvalue weighted by Crippen LogP contribution is -1.99. The van der Waals surface area contributed by atoms with Crippen LogP contribution >= 0.6 is 0 Å². The molecule has 1 nitrogen and oxygen atoms in total. The van der Waals surface area contributed by atoms with Crippen LogP contribution in [0.4, 0.5) is 0 Å². The quantitative estimate of drug-likeness (QED) is 0.278. The highest BCUT2D eigenvalue weighted by Crippen LogP contribution is 2.14. The first kappa shape index (κ1) is 17.7. The van der Waals surface area contributed by atoms with Gasteiger partial charge < -0.3 is 4.79 Å². The zero-order valence-electron chi connectivity index (χ0n) is 12.8. The molecule has 1 atom stereocenters. The van der Waals surface area contributed by atoms with E-state index in [1.807, 2.05) is 0 Å². The van der Waals surface area contributed by atoms with Crippen LogP contribution in [0.25, 0.3) is 0 Å². The fraction of sp³-hybridized carbons (Fsp3) is 0.941. The molecule has 0 heterocycles. The number of rotatable bonds is 14. The molecule has 0 aromatic rings. The van der Waals surface area contributed by atoms with E-state index in [0.29, 0.717) is 5.92 Å². The lowest BCUT2D eigenvalue weighted by atomic mass is 9.99. The smallest absolute Gasteiger partial charge is 0.123 e. The minimum Gasteiger partial charge on any atom is -0.303 e. The van der Waals surface area contributed by atoms with Crippen LogP contribution in [-0.2, 0) is 4.79 Å². The van der Waals surface area contributed by atoms with Crippen molar-refractivity contribution in [2.75, 3.05) is 0 Å². The van der Waals surface area contributed by atoms with Crippen LogP contribution in [0.2, 0.25) is 0 Å². The summed E-state index contributed by atoms with van der Waals surface area (Å²) in [5, 5.41) is 0. The van der Waals surface area contributed by atoms with Gasteiger partial charge in [-0.1, -0.05) is 84.5 Å². The second kappa shape index (κ2) is 14.7. The van der Waals surface area contributed by atoms with E-state index in [4.69, 9.17) is 0 Å². The molecule has 0 rings (SSSR count). The van der Waals surface area contributed by atoms with Gasteiger partial charge in [-0.3, -0.25) is 0 Å². The molecule has 1 heteroatoms. The molecule has 0 bridgehead atoms. The van der Waals surface area contributed by atoms with E-state index < -0.39 is 0 Å². The summed E-state index contributed by atoms with van der Waals surface area (Å²) < 4.78 is 0. The summed E-state index contributed by atoms with van der Waals surface area (Å²) in [6.45, 7) is 4.38. The Hall–Kier alpha value is -0.330. The molecule has 0 aliphatic rings. The molecule has 0 N–H and O–H groups in total. The van der Waals surface area contributed by atoms with Crippen molar-refractivity contribution in [1.29, 1.82) is 0 Å². The van der Waals surface area contributed by atoms with Gasteiger partial charge in [-0.15, -0.1) is 0 Å². The van der Waals surface area contributed by atoms with Gasteiger partial charge in [-0.05, 0) is 12.8 Å². The van der Waals surface area contributed by atoms with Gasteiger partial charge in [-0.2, -0.15) is 0 Å². The van der Waals surface area contributed by atoms with Gasteiger partial charge in [0.1, 0.15) is 6.29 Å². The van der Waals surface area contributed by atoms with Crippen LogP contribution in [-0.4, -0.2) is 6.29 Å². The van der Waals surface area contributed by atoms with E-state index in [2.05, 4.69) is 13.8 Å². The first-order valence-corrected chi connectivity index (χ1v) is 8.30. The van der Waals surface area contributed by atoms with Crippen LogP contribution in [0.15, 0.2) is 0 Å². The maximum absolute atomic E-state index is 10.6. The highest BCUT2D eigenvalue weighted by atomic mass is 16.1. The Morgan fingerprint density at radius 2 is 1.17 bits per heavy atom. The average Bonchev–Trinajstić information content (AvgIpc) is 2.40. The second-order valence-electron chi connectivity index (χ2n) is 5.63. The topological polar surface area (TPSA) is 17.1 Å². The molecular formula is C17H34O. The molecular weight excluding hydrogens is 220 g/mol. The minimum atomic E-state index is 0.323. The Morgan fingerprint density at radius 3 is 1.56 bits per heavy atom. The number of aldehydes is 1. The van der Waals surface area contributed by atoms with Crippen molar-refractivity contribution in [3.63, 3.8) is 0 Å². The molecule has 0 amide bonds. The van der Waals surface area contributed by atoms with Gasteiger partial charge in [0.15, 0.2) is 0 Å². The fourth-order valence-electron chi connectivity index (χ4n) is 2.44. The predicted octanol–water partition coefficient (Wildman–Crippen LogP) is 5.91. The predicted molar refractivity (Wildman–Crippen MR) is 80.9 cm³/mol. The molecule has 18 heavy (non-hydrogen) atoms. The van der Waals surface area contributed by atoms with Crippen molar-refractivity contribution in [3.05, 3.63) is 0 Å². The van der Waals surface area contributed by atoms with Crippen molar-refractivity contribution in [3.8, 4) is 0 Å². The zero-order chi connectivity index (χ0) is 13.5. The van der Waals surface area contributed by atoms with Crippen molar-refractivity contribution in [2.24, 2.45) is 5.92 Å². The number of carbonyl (C=O) groups excluding carboxylic acids is 1. The van der Waals surface area contributed by atoms with Crippen molar-refractivity contribution in [2.45, 2.75) is 97.3 Å². The first-order valence-electron chi connectivity index (χ1n) is 8.30. The minimum absolute atomic E-state index is 0.323. The van der Waals surface area contributed by atoms with Crippen LogP contribution in [0.1, 0.15) is 97.3 Å². The summed E-state index contributed by atoms with van der Waals surface area (Å²) in [4.78, 5) is 10.6. The standard InChI is InChI=1S/C17H34O/c1-3-5-6-7-8-9-10-11-12-13-14-15-17(4-2)16-18/h16-17H,3-15H2,1-2H3. The van der Waals surface area contributed by atoms with Crippen LogP contribution in [0.3, 0.4) is 0 Å². The van der Waals surface area contributed by atoms with Gasteiger partial charge in [-0.25, -0.2) is 0 Å². The van der Waals surface area contributed by atoms with Crippen molar-refractivity contribution >= 4 is 6.29 Å². The van der Waals surface area contributed by atoms with E-state index in [1.54, 1.807) is 0 Å². The second-order valence-corrected chi connectivity index (χ2v) is 5.63. The zero-order valence-corrected chi connectivity index (χ0v) is 12.8. The lowest BCUT2D eigenvalue weighted by Gasteiger charge is -2.06. The molecule has 1 unspecified atom stereocenters. The Balaban J connectivity index is 3.05. The highest BCUT2D eigenvalue weighted by molar-refractivity contribution is 5.53. The van der Waals surface area contributed by atoms with Gasteiger partial charge >= 0.3 is 0 Å². The number of carbonyl (C=O) groups is 1. The van der Waals surface area contributed by atoms with Crippen LogP contribution in [0, 0.1) is 5.92 Å². The van der Waals surface area contributed by atoms with E-state index >= 15 is 0 Å². The third kappa shape index (κ3) is 12.1. The number of hydrogen-bond donors (Lipinski definition) is 0. The molecule has 0 aliphatic carbocycles. The van der Waals surface area contributed by atoms with Gasteiger partial charge in [0, 0.05) is 5.92 Å². The van der Waals surface area contributed by atoms with E-state index in [0.717, 1.165) is 19.1 Å². The number of hydrogen-bond acceptors (Lipinski definition) is 1. The third-order valence-electron chi connectivity index (χ3n) is 3.90. The fourth-order valence-corrected chi connectivity index (χ4v) is 2.44. The molecule has 0 radical (unpaired) electrons. The summed E-state index contributed by atoms with van der Waals surface area (Å²) in [7, 11) is 0. The summed E-state index contributed by atoms with van der Waals surface area (Å²) in [5.41, 5.74) is 0. The monoisotopic (exact) mass is 254 g/mol. The molecule has 0 aliphatic heterocycles. The molecule has 0 saturated carbocycles. The summed E-state index contributed by atoms with van der Waals surface area (Å²) in [6.07, 6.45) is 18.5. The van der Waals surface area contributed by atoms with Crippen molar-refractivity contribution < 1.29 is 4.79 Å². The molecule has 0 fully saturated rings. The van der Waals surface area contributed by atoms with Crippen molar-refractivity contribution in [1.82, 2.24) is 0 Å². The first-order chi connectivity index (χ1) is 8.85. The Kier molecular flexibility index (Phi) is 14.5. The Bertz CT molecular complexity index is 165. The SMILES string of the molecule is CCCCCCCCCCCCCC(C=O)CC. The average molecular weight is 254 g/mol. The molecule has 0 aromatic heterocycles. The third-order valence-corrected chi connectivity index (χ3v) is 3.90. The highest BCUT2D eigenvalue weighted by Gasteiger charge is 2.02. The van der Waals surface area contributed by atoms with E-state index in [9.17, 15) is 4.79 Å². The molecule has 0 saturated heterocycles. The Morgan fingerprint density at radius 1 is 0.722 bits per heavy atom. The maximum atomic E-state index is 10.6. The van der Waals surface area contributed by atoms with Crippen LogP contribution in [0.5, 0.6) is 0 Å². The largest absolute Gasteiger partial charge is 0.303 e. The summed E-state index contributed by atoms with van der Waals surface area (Å²) in [5.74, 6) is 0.323. The normalized spacial score (nSPS) is 12.6. The molecule has 108 valence electrons. The van der Waals surface area contributed by atoms with E-state index in [-0.39, 0.29) is 0 Å². The van der Waals surface area contributed by atoms with Gasteiger partial charge in [0.2, 0.25) is 0 Å². The Labute approximate surface area is 115 Å². The van der Waals surface area contributed by atoms with Crippen LogP contribution < -0.4 is 0 Å². The molecule has 0 spiro atoms. The van der Waals surface area contributed by atoms with E-state index in [1.165, 1.54) is 70.6 Å². The van der Waals surface area contributed by atoms with Gasteiger partial charge in [0.25, 0.3) is 0 Å². The number of unbranched alkanes of at least 4 members (excludes halogenated alkanes) is 10. The lowest BCUT2D eigenvalue weighted by molar-refractivity contribution is -0.111. The van der Waals surface area contributed by atoms with Gasteiger partial charge in [0.05, 0.1) is 0 Å². The molecule has 0 aromatic carbocycles. The summed E-state index contributed by atoms with van der Waals surface area (Å²) in [6, 6.07) is 0.